The van der Waals surface area contributed by atoms with Gasteiger partial charge in [0.05, 0.1) is 0 Å². The highest BCUT2D eigenvalue weighted by molar-refractivity contribution is 6.19. The summed E-state index contributed by atoms with van der Waals surface area (Å²) in [6, 6.07) is -0.689. The number of nitrogens with one attached hydrogen (secondary N) is 1. The largest absolute Gasteiger partial charge is 0.381 e. The molecule has 0 unspecified atom stereocenters. The quantitative estimate of drug-likeness (QED) is 0.712. The molecule has 1 aliphatic carbocycles. The average molecular weight is 266 g/mol. The number of carbonyl (C=O) groups excluding carboxylic acids is 3. The molecule has 0 radical (unpaired) electrons. The van der Waals surface area contributed by atoms with Gasteiger partial charge in [0, 0.05) is 19.3 Å². The molecule has 0 aromatic carbocycles. The van der Waals surface area contributed by atoms with Gasteiger partial charge in [-0.2, -0.15) is 0 Å². The second-order valence-electron chi connectivity index (χ2n) is 5.57. The van der Waals surface area contributed by atoms with Crippen LogP contribution < -0.4 is 5.32 Å². The molecule has 3 aliphatic rings. The van der Waals surface area contributed by atoms with Crippen LogP contribution in [0.15, 0.2) is 0 Å². The third kappa shape index (κ3) is 1.85. The molecular weight excluding hydrogens is 248 g/mol. The highest BCUT2D eigenvalue weighted by Crippen LogP contribution is 2.42. The molecule has 104 valence electrons. The molecule has 6 heteroatoms. The van der Waals surface area contributed by atoms with E-state index in [0.717, 1.165) is 12.8 Å². The topological polar surface area (TPSA) is 75.7 Å². The number of hydrogen-bond acceptors (Lipinski definition) is 4. The molecule has 1 N–H and O–H groups in total. The first kappa shape index (κ1) is 12.6. The van der Waals surface area contributed by atoms with E-state index in [4.69, 9.17) is 4.74 Å². The summed E-state index contributed by atoms with van der Waals surface area (Å²) in [6.07, 6.45) is 4.17. The molecule has 6 nitrogen and oxygen atoms in total. The highest BCUT2D eigenvalue weighted by Gasteiger charge is 2.56. The number of carbonyl (C=O) groups is 3. The summed E-state index contributed by atoms with van der Waals surface area (Å²) in [7, 11) is 0. The lowest BCUT2D eigenvalue weighted by Crippen LogP contribution is -2.65. The molecule has 2 saturated heterocycles. The summed E-state index contributed by atoms with van der Waals surface area (Å²) >= 11 is 0. The van der Waals surface area contributed by atoms with Gasteiger partial charge in [-0.15, -0.1) is 0 Å². The van der Waals surface area contributed by atoms with Crippen molar-refractivity contribution in [1.29, 1.82) is 0 Å². The Kier molecular flexibility index (Phi) is 3.05. The number of hydrogen-bond donors (Lipinski definition) is 1. The van der Waals surface area contributed by atoms with Gasteiger partial charge >= 0.3 is 6.03 Å². The molecule has 3 rings (SSSR count). The van der Waals surface area contributed by atoms with E-state index in [1.54, 1.807) is 0 Å². The summed E-state index contributed by atoms with van der Waals surface area (Å²) < 4.78 is 5.26. The Bertz CT molecular complexity index is 422. The lowest BCUT2D eigenvalue weighted by atomic mass is 9.81. The maximum absolute atomic E-state index is 12.7. The molecule has 0 atom stereocenters. The first-order valence-corrected chi connectivity index (χ1v) is 6.92. The highest BCUT2D eigenvalue weighted by atomic mass is 16.5. The number of nitrogens with zero attached hydrogens (tertiary/aromatic N) is 1. The van der Waals surface area contributed by atoms with Crippen molar-refractivity contribution in [2.75, 3.05) is 13.2 Å². The second kappa shape index (κ2) is 4.59. The molecular formula is C13H18N2O4. The first-order valence-electron chi connectivity index (χ1n) is 6.92. The van der Waals surface area contributed by atoms with E-state index < -0.39 is 17.4 Å². The van der Waals surface area contributed by atoms with Gasteiger partial charge in [0.1, 0.15) is 5.41 Å². The molecule has 0 aromatic heterocycles. The van der Waals surface area contributed by atoms with Gasteiger partial charge in [0.15, 0.2) is 0 Å². The Morgan fingerprint density at radius 1 is 1.11 bits per heavy atom. The SMILES string of the molecule is O=C1NC(=O)C2(CCCC2)C(=O)N1C1CCOCC1. The second-order valence-corrected chi connectivity index (χ2v) is 5.57. The van der Waals surface area contributed by atoms with Gasteiger partial charge in [-0.1, -0.05) is 12.8 Å². The number of amides is 4. The monoisotopic (exact) mass is 266 g/mol. The average Bonchev–Trinajstić information content (AvgIpc) is 2.89. The molecule has 2 heterocycles. The van der Waals surface area contributed by atoms with Crippen molar-refractivity contribution < 1.29 is 19.1 Å². The number of barbiturate groups is 1. The van der Waals surface area contributed by atoms with Gasteiger partial charge < -0.3 is 4.74 Å². The number of urea groups is 1. The van der Waals surface area contributed by atoms with Crippen LogP contribution in [0.3, 0.4) is 0 Å². The Labute approximate surface area is 111 Å². The number of imide groups is 2. The van der Waals surface area contributed by atoms with Crippen molar-refractivity contribution in [3.63, 3.8) is 0 Å². The van der Waals surface area contributed by atoms with Gasteiger partial charge in [0.2, 0.25) is 11.8 Å². The van der Waals surface area contributed by atoms with Crippen LogP contribution in [0.1, 0.15) is 38.5 Å². The Morgan fingerprint density at radius 3 is 2.37 bits per heavy atom. The van der Waals surface area contributed by atoms with E-state index in [9.17, 15) is 14.4 Å². The van der Waals surface area contributed by atoms with Crippen LogP contribution in [0.5, 0.6) is 0 Å². The van der Waals surface area contributed by atoms with E-state index in [0.29, 0.717) is 38.9 Å². The summed E-state index contributed by atoms with van der Waals surface area (Å²) in [5.41, 5.74) is -0.980. The minimum Gasteiger partial charge on any atom is -0.381 e. The molecule has 1 spiro atoms. The molecule has 2 aliphatic heterocycles. The maximum Gasteiger partial charge on any atom is 0.331 e. The van der Waals surface area contributed by atoms with Crippen molar-refractivity contribution in [1.82, 2.24) is 10.2 Å². The van der Waals surface area contributed by atoms with Crippen LogP contribution in [-0.4, -0.2) is 42.0 Å². The lowest BCUT2D eigenvalue weighted by Gasteiger charge is -2.41. The van der Waals surface area contributed by atoms with Crippen LogP contribution >= 0.6 is 0 Å². The van der Waals surface area contributed by atoms with Crippen molar-refractivity contribution in [2.24, 2.45) is 5.41 Å². The van der Waals surface area contributed by atoms with Gasteiger partial charge in [-0.3, -0.25) is 19.8 Å². The van der Waals surface area contributed by atoms with E-state index in [1.165, 1.54) is 4.90 Å². The summed E-state index contributed by atoms with van der Waals surface area (Å²) in [5.74, 6) is -0.686. The van der Waals surface area contributed by atoms with Crippen LogP contribution in [-0.2, 0) is 14.3 Å². The van der Waals surface area contributed by atoms with Crippen molar-refractivity contribution in [2.45, 2.75) is 44.6 Å². The van der Waals surface area contributed by atoms with Crippen LogP contribution in [0.2, 0.25) is 0 Å². The fourth-order valence-electron chi connectivity index (χ4n) is 3.39. The smallest absolute Gasteiger partial charge is 0.331 e. The minimum absolute atomic E-state index is 0.133. The van der Waals surface area contributed by atoms with Gasteiger partial charge in [0.25, 0.3) is 0 Å². The van der Waals surface area contributed by atoms with Crippen LogP contribution in [0.4, 0.5) is 4.79 Å². The van der Waals surface area contributed by atoms with Crippen molar-refractivity contribution >= 4 is 17.8 Å². The zero-order valence-corrected chi connectivity index (χ0v) is 10.8. The van der Waals surface area contributed by atoms with Gasteiger partial charge in [-0.25, -0.2) is 4.79 Å². The molecule has 0 bridgehead atoms. The van der Waals surface area contributed by atoms with E-state index in [-0.39, 0.29) is 11.9 Å². The Morgan fingerprint density at radius 2 is 1.74 bits per heavy atom. The van der Waals surface area contributed by atoms with Crippen LogP contribution in [0.25, 0.3) is 0 Å². The number of rotatable bonds is 1. The molecule has 3 fully saturated rings. The predicted octanol–water partition coefficient (Wildman–Crippen LogP) is 0.804. The molecule has 4 amide bonds. The third-order valence-electron chi connectivity index (χ3n) is 4.52. The first-order chi connectivity index (χ1) is 9.15. The summed E-state index contributed by atoms with van der Waals surface area (Å²) in [4.78, 5) is 38.0. The minimum atomic E-state index is -0.980. The Balaban J connectivity index is 1.88. The standard InChI is InChI=1S/C13H18N2O4/c16-10-13(5-1-2-6-13)11(17)15(12(18)14-10)9-3-7-19-8-4-9/h9H,1-8H2,(H,14,16,18). The fourth-order valence-corrected chi connectivity index (χ4v) is 3.39. The van der Waals surface area contributed by atoms with Crippen molar-refractivity contribution in [3.05, 3.63) is 0 Å². The lowest BCUT2D eigenvalue weighted by molar-refractivity contribution is -0.153. The summed E-state index contributed by atoms with van der Waals surface area (Å²) in [6.45, 7) is 1.12. The summed E-state index contributed by atoms with van der Waals surface area (Å²) in [5, 5.41) is 2.38. The molecule has 19 heavy (non-hydrogen) atoms. The number of ether oxygens (including phenoxy) is 1. The van der Waals surface area contributed by atoms with E-state index in [2.05, 4.69) is 5.32 Å². The maximum atomic E-state index is 12.7. The zero-order chi connectivity index (χ0) is 13.5. The van der Waals surface area contributed by atoms with Crippen LogP contribution in [0, 0.1) is 5.41 Å². The van der Waals surface area contributed by atoms with E-state index in [1.807, 2.05) is 0 Å². The zero-order valence-electron chi connectivity index (χ0n) is 10.8. The third-order valence-corrected chi connectivity index (χ3v) is 4.52. The normalized spacial score (nSPS) is 28.0. The van der Waals surface area contributed by atoms with Gasteiger partial charge in [-0.05, 0) is 25.7 Å². The van der Waals surface area contributed by atoms with E-state index >= 15 is 0 Å². The fraction of sp³-hybridized carbons (Fsp3) is 0.769. The molecule has 0 aromatic rings. The molecule has 1 saturated carbocycles. The predicted molar refractivity (Wildman–Crippen MR) is 65.1 cm³/mol. The Hall–Kier alpha value is -1.43. The van der Waals surface area contributed by atoms with Crippen molar-refractivity contribution in [3.8, 4) is 0 Å².